The van der Waals surface area contributed by atoms with Crippen LogP contribution >= 0.6 is 0 Å². The maximum Gasteiger partial charge on any atom is 0.266 e. The second-order valence-corrected chi connectivity index (χ2v) is 5.99. The Balaban J connectivity index is 1.71. The summed E-state index contributed by atoms with van der Waals surface area (Å²) in [4.78, 5) is 0. The lowest BCUT2D eigenvalue weighted by Gasteiger charge is -2.37. The van der Waals surface area contributed by atoms with E-state index in [4.69, 9.17) is 4.74 Å². The van der Waals surface area contributed by atoms with Crippen molar-refractivity contribution >= 4 is 0 Å². The molecule has 2 atom stereocenters. The minimum Gasteiger partial charge on any atom is -0.378 e. The molecular weight excluding hydrogens is 234 g/mol. The van der Waals surface area contributed by atoms with E-state index in [-0.39, 0.29) is 0 Å². The Labute approximate surface area is 109 Å². The monoisotopic (exact) mass is 258 g/mol. The maximum atomic E-state index is 12.0. The van der Waals surface area contributed by atoms with E-state index in [1.54, 1.807) is 0 Å². The van der Waals surface area contributed by atoms with Gasteiger partial charge in [-0.05, 0) is 75.7 Å². The van der Waals surface area contributed by atoms with Gasteiger partial charge in [0, 0.05) is 0 Å². The summed E-state index contributed by atoms with van der Waals surface area (Å²) in [5, 5.41) is 0. The SMILES string of the molecule is CC1CCC(C2CCC(CC=C(F)F)CC2)CO1. The first-order valence-electron chi connectivity index (χ1n) is 7.28. The zero-order chi connectivity index (χ0) is 13.0. The molecule has 1 saturated carbocycles. The standard InChI is InChI=1S/C15H24F2O/c1-11-2-6-14(10-18-11)13-7-3-12(4-8-13)5-9-15(16)17/h9,11-14H,2-8,10H2,1H3. The van der Waals surface area contributed by atoms with E-state index in [1.807, 2.05) is 0 Å². The van der Waals surface area contributed by atoms with Gasteiger partial charge in [-0.2, -0.15) is 8.78 Å². The Kier molecular flexibility index (Phi) is 5.16. The van der Waals surface area contributed by atoms with Crippen molar-refractivity contribution < 1.29 is 13.5 Å². The minimum atomic E-state index is -1.52. The molecule has 2 aliphatic rings. The van der Waals surface area contributed by atoms with Crippen LogP contribution in [-0.2, 0) is 4.74 Å². The quantitative estimate of drug-likeness (QED) is 0.708. The summed E-state index contributed by atoms with van der Waals surface area (Å²) in [5.41, 5.74) is 0. The van der Waals surface area contributed by atoms with Gasteiger partial charge in [-0.3, -0.25) is 0 Å². The molecule has 104 valence electrons. The lowest BCUT2D eigenvalue weighted by molar-refractivity contribution is -0.0295. The van der Waals surface area contributed by atoms with Crippen LogP contribution < -0.4 is 0 Å². The molecule has 1 aliphatic heterocycles. The highest BCUT2D eigenvalue weighted by molar-refractivity contribution is 4.87. The van der Waals surface area contributed by atoms with Crippen molar-refractivity contribution in [3.8, 4) is 0 Å². The number of rotatable bonds is 3. The van der Waals surface area contributed by atoms with Crippen molar-refractivity contribution in [2.45, 2.75) is 58.0 Å². The minimum absolute atomic E-state index is 0.426. The Morgan fingerprint density at radius 2 is 1.72 bits per heavy atom. The average molecular weight is 258 g/mol. The van der Waals surface area contributed by atoms with Gasteiger partial charge in [0.05, 0.1) is 12.7 Å². The van der Waals surface area contributed by atoms with Gasteiger partial charge in [-0.15, -0.1) is 0 Å². The van der Waals surface area contributed by atoms with Crippen molar-refractivity contribution in [1.29, 1.82) is 0 Å². The summed E-state index contributed by atoms with van der Waals surface area (Å²) in [6.45, 7) is 3.06. The highest BCUT2D eigenvalue weighted by Crippen LogP contribution is 2.38. The van der Waals surface area contributed by atoms with Crippen LogP contribution in [0, 0.1) is 17.8 Å². The normalized spacial score (nSPS) is 37.3. The molecule has 0 aromatic carbocycles. The molecule has 18 heavy (non-hydrogen) atoms. The van der Waals surface area contributed by atoms with Crippen LogP contribution in [0.25, 0.3) is 0 Å². The molecule has 0 amide bonds. The summed E-state index contributed by atoms with van der Waals surface area (Å²) >= 11 is 0. The van der Waals surface area contributed by atoms with Gasteiger partial charge in [-0.1, -0.05) is 0 Å². The predicted molar refractivity (Wildman–Crippen MR) is 68.5 cm³/mol. The smallest absolute Gasteiger partial charge is 0.266 e. The molecule has 0 aromatic rings. The summed E-state index contributed by atoms with van der Waals surface area (Å²) < 4.78 is 29.8. The molecule has 2 fully saturated rings. The molecule has 2 unspecified atom stereocenters. The number of hydrogen-bond donors (Lipinski definition) is 0. The van der Waals surface area contributed by atoms with Crippen molar-refractivity contribution in [2.24, 2.45) is 17.8 Å². The van der Waals surface area contributed by atoms with Crippen LogP contribution in [-0.4, -0.2) is 12.7 Å². The first-order valence-corrected chi connectivity index (χ1v) is 7.28. The third-order valence-corrected chi connectivity index (χ3v) is 4.70. The number of allylic oxidation sites excluding steroid dienone is 1. The predicted octanol–water partition coefficient (Wildman–Crippen LogP) is 4.78. The molecule has 1 heterocycles. The number of ether oxygens (including phenoxy) is 1. The van der Waals surface area contributed by atoms with Gasteiger partial charge in [-0.25, -0.2) is 0 Å². The van der Waals surface area contributed by atoms with Crippen LogP contribution in [0.3, 0.4) is 0 Å². The summed E-state index contributed by atoms with van der Waals surface area (Å²) in [5.74, 6) is 1.97. The van der Waals surface area contributed by atoms with Crippen LogP contribution in [0.1, 0.15) is 51.9 Å². The first kappa shape index (κ1) is 14.0. The van der Waals surface area contributed by atoms with E-state index in [0.29, 0.717) is 18.4 Å². The Morgan fingerprint density at radius 3 is 2.28 bits per heavy atom. The molecule has 0 aromatic heterocycles. The van der Waals surface area contributed by atoms with Crippen molar-refractivity contribution in [3.63, 3.8) is 0 Å². The lowest BCUT2D eigenvalue weighted by Crippen LogP contribution is -2.31. The van der Waals surface area contributed by atoms with Crippen LogP contribution in [0.2, 0.25) is 0 Å². The molecule has 0 N–H and O–H groups in total. The Morgan fingerprint density at radius 1 is 1.06 bits per heavy atom. The Bertz CT molecular complexity index is 270. The van der Waals surface area contributed by atoms with E-state index in [1.165, 1.54) is 25.7 Å². The van der Waals surface area contributed by atoms with Crippen molar-refractivity contribution in [3.05, 3.63) is 12.2 Å². The van der Waals surface area contributed by atoms with Crippen LogP contribution in [0.5, 0.6) is 0 Å². The molecule has 1 aliphatic carbocycles. The highest BCUT2D eigenvalue weighted by Gasteiger charge is 2.30. The van der Waals surface area contributed by atoms with Gasteiger partial charge >= 0.3 is 0 Å². The number of hydrogen-bond acceptors (Lipinski definition) is 1. The topological polar surface area (TPSA) is 9.23 Å². The van der Waals surface area contributed by atoms with Gasteiger partial charge in [0.2, 0.25) is 0 Å². The van der Waals surface area contributed by atoms with E-state index in [9.17, 15) is 8.78 Å². The van der Waals surface area contributed by atoms with Gasteiger partial charge < -0.3 is 4.74 Å². The molecule has 2 rings (SSSR count). The fourth-order valence-electron chi connectivity index (χ4n) is 3.43. The van der Waals surface area contributed by atoms with Gasteiger partial charge in [0.25, 0.3) is 6.08 Å². The van der Waals surface area contributed by atoms with E-state index in [0.717, 1.165) is 37.4 Å². The van der Waals surface area contributed by atoms with Gasteiger partial charge in [0.15, 0.2) is 0 Å². The van der Waals surface area contributed by atoms with Crippen molar-refractivity contribution in [1.82, 2.24) is 0 Å². The summed E-state index contributed by atoms with van der Waals surface area (Å²) in [6.07, 6.45) is 7.66. The highest BCUT2D eigenvalue weighted by atomic mass is 19.3. The van der Waals surface area contributed by atoms with Crippen molar-refractivity contribution in [2.75, 3.05) is 6.61 Å². The average Bonchev–Trinajstić information content (AvgIpc) is 2.38. The fourth-order valence-corrected chi connectivity index (χ4v) is 3.43. The zero-order valence-electron chi connectivity index (χ0n) is 11.2. The molecule has 3 heteroatoms. The van der Waals surface area contributed by atoms with E-state index >= 15 is 0 Å². The third-order valence-electron chi connectivity index (χ3n) is 4.70. The molecule has 0 spiro atoms. The largest absolute Gasteiger partial charge is 0.378 e. The lowest BCUT2D eigenvalue weighted by atomic mass is 9.73. The molecule has 1 nitrogen and oxygen atoms in total. The molecular formula is C15H24F2O. The maximum absolute atomic E-state index is 12.0. The van der Waals surface area contributed by atoms with Crippen LogP contribution in [0.15, 0.2) is 12.2 Å². The molecule has 1 saturated heterocycles. The summed E-state index contributed by atoms with van der Waals surface area (Å²) in [7, 11) is 0. The van der Waals surface area contributed by atoms with Gasteiger partial charge in [0.1, 0.15) is 0 Å². The van der Waals surface area contributed by atoms with E-state index < -0.39 is 6.08 Å². The number of halogens is 2. The summed E-state index contributed by atoms with van der Waals surface area (Å²) in [6, 6.07) is 0. The molecule has 0 bridgehead atoms. The second kappa shape index (κ2) is 6.65. The van der Waals surface area contributed by atoms with Crippen LogP contribution in [0.4, 0.5) is 8.78 Å². The molecule has 0 radical (unpaired) electrons. The van der Waals surface area contributed by atoms with E-state index in [2.05, 4.69) is 6.92 Å². The third kappa shape index (κ3) is 4.04. The Hall–Kier alpha value is -0.440. The fraction of sp³-hybridized carbons (Fsp3) is 0.867. The first-order chi connectivity index (χ1) is 8.65. The second-order valence-electron chi connectivity index (χ2n) is 5.99. The zero-order valence-corrected chi connectivity index (χ0v) is 11.2.